The molecular formula is C12H15N3O5. The van der Waals surface area contributed by atoms with Gasteiger partial charge in [0.15, 0.2) is 0 Å². The van der Waals surface area contributed by atoms with Crippen LogP contribution >= 0.6 is 0 Å². The Kier molecular flexibility index (Phi) is 4.02. The van der Waals surface area contributed by atoms with E-state index in [0.717, 1.165) is 19.0 Å². The maximum Gasteiger partial charge on any atom is 0.328 e. The van der Waals surface area contributed by atoms with Crippen molar-refractivity contribution in [2.75, 3.05) is 13.7 Å². The third-order valence-electron chi connectivity index (χ3n) is 3.35. The maximum atomic E-state index is 12.3. The summed E-state index contributed by atoms with van der Waals surface area (Å²) in [6.45, 7) is 0.436. The normalized spacial score (nSPS) is 18.6. The highest BCUT2D eigenvalue weighted by Crippen LogP contribution is 2.22. The summed E-state index contributed by atoms with van der Waals surface area (Å²) in [5.41, 5.74) is -0.0764. The Hall–Kier alpha value is -2.38. The number of hydrogen-bond acceptors (Lipinski definition) is 5. The van der Waals surface area contributed by atoms with Gasteiger partial charge in [0, 0.05) is 12.6 Å². The number of amides is 1. The SMILES string of the molecule is COC(=O)[C@H]1CCCCN1C(=O)c1cc([N+](=O)[O-])c[nH]1. The number of aromatic amines is 1. The van der Waals surface area contributed by atoms with Crippen molar-refractivity contribution in [1.29, 1.82) is 0 Å². The average molecular weight is 281 g/mol. The number of nitrogens with one attached hydrogen (secondary N) is 1. The van der Waals surface area contributed by atoms with Crippen LogP contribution in [-0.4, -0.2) is 46.4 Å². The van der Waals surface area contributed by atoms with E-state index in [9.17, 15) is 19.7 Å². The van der Waals surface area contributed by atoms with Crippen molar-refractivity contribution < 1.29 is 19.2 Å². The summed E-state index contributed by atoms with van der Waals surface area (Å²) in [5, 5.41) is 10.6. The minimum absolute atomic E-state index is 0.104. The van der Waals surface area contributed by atoms with Gasteiger partial charge in [-0.25, -0.2) is 4.79 Å². The van der Waals surface area contributed by atoms with Crippen molar-refractivity contribution in [3.05, 3.63) is 28.1 Å². The smallest absolute Gasteiger partial charge is 0.328 e. The zero-order valence-electron chi connectivity index (χ0n) is 11.0. The molecule has 1 aromatic rings. The lowest BCUT2D eigenvalue weighted by molar-refractivity contribution is -0.384. The third kappa shape index (κ3) is 2.63. The van der Waals surface area contributed by atoms with Crippen LogP contribution in [0.15, 0.2) is 12.3 Å². The number of esters is 1. The molecule has 1 atom stereocenters. The van der Waals surface area contributed by atoms with Crippen LogP contribution in [0.1, 0.15) is 29.8 Å². The molecule has 1 amide bonds. The molecule has 20 heavy (non-hydrogen) atoms. The molecule has 1 aliphatic heterocycles. The number of rotatable bonds is 3. The first kappa shape index (κ1) is 14.0. The molecule has 0 radical (unpaired) electrons. The Morgan fingerprint density at radius 3 is 2.85 bits per heavy atom. The molecule has 0 unspecified atom stereocenters. The molecule has 0 aromatic carbocycles. The number of carbonyl (C=O) groups is 2. The summed E-state index contributed by atoms with van der Waals surface area (Å²) < 4.78 is 4.70. The molecule has 1 N–H and O–H groups in total. The number of nitrogens with zero attached hydrogens (tertiary/aromatic N) is 2. The van der Waals surface area contributed by atoms with Gasteiger partial charge in [-0.3, -0.25) is 14.9 Å². The highest BCUT2D eigenvalue weighted by molar-refractivity contribution is 5.96. The molecular weight excluding hydrogens is 266 g/mol. The third-order valence-corrected chi connectivity index (χ3v) is 3.35. The van der Waals surface area contributed by atoms with Gasteiger partial charge in [-0.15, -0.1) is 0 Å². The second-order valence-corrected chi connectivity index (χ2v) is 4.56. The zero-order chi connectivity index (χ0) is 14.7. The van der Waals surface area contributed by atoms with E-state index in [0.29, 0.717) is 13.0 Å². The van der Waals surface area contributed by atoms with Crippen LogP contribution < -0.4 is 0 Å². The van der Waals surface area contributed by atoms with E-state index in [1.54, 1.807) is 0 Å². The molecule has 0 saturated carbocycles. The summed E-state index contributed by atoms with van der Waals surface area (Å²) in [6.07, 6.45) is 3.34. The minimum atomic E-state index is -0.622. The number of likely N-dealkylation sites (tertiary alicyclic amines) is 1. The highest BCUT2D eigenvalue weighted by Gasteiger charge is 2.34. The van der Waals surface area contributed by atoms with E-state index in [1.165, 1.54) is 18.1 Å². The second-order valence-electron chi connectivity index (χ2n) is 4.56. The molecule has 1 aromatic heterocycles. The summed E-state index contributed by atoms with van der Waals surface area (Å²) in [4.78, 5) is 38.0. The lowest BCUT2D eigenvalue weighted by atomic mass is 10.0. The number of carbonyl (C=O) groups excluding carboxylic acids is 2. The van der Waals surface area contributed by atoms with E-state index < -0.39 is 22.8 Å². The number of nitro groups is 1. The molecule has 0 bridgehead atoms. The molecule has 8 heteroatoms. The largest absolute Gasteiger partial charge is 0.467 e. The second kappa shape index (κ2) is 5.72. The van der Waals surface area contributed by atoms with Crippen LogP contribution in [0.4, 0.5) is 5.69 Å². The van der Waals surface area contributed by atoms with Crippen molar-refractivity contribution in [3.63, 3.8) is 0 Å². The fraction of sp³-hybridized carbons (Fsp3) is 0.500. The van der Waals surface area contributed by atoms with Gasteiger partial charge in [0.1, 0.15) is 11.7 Å². The van der Waals surface area contributed by atoms with Crippen LogP contribution in [0.5, 0.6) is 0 Å². The van der Waals surface area contributed by atoms with E-state index in [2.05, 4.69) is 4.98 Å². The topological polar surface area (TPSA) is 106 Å². The standard InChI is InChI=1S/C12H15N3O5/c1-20-12(17)10-4-2-3-5-14(10)11(16)9-6-8(7-13-9)15(18)19/h6-7,10,13H,2-5H2,1H3/t10-/m1/s1. The van der Waals surface area contributed by atoms with Gasteiger partial charge < -0.3 is 14.6 Å². The highest BCUT2D eigenvalue weighted by atomic mass is 16.6. The zero-order valence-corrected chi connectivity index (χ0v) is 11.0. The average Bonchev–Trinajstić information content (AvgIpc) is 2.95. The molecule has 0 spiro atoms. The number of piperidine rings is 1. The van der Waals surface area contributed by atoms with Gasteiger partial charge in [-0.1, -0.05) is 0 Å². The summed E-state index contributed by atoms with van der Waals surface area (Å²) in [6, 6.07) is 0.550. The molecule has 8 nitrogen and oxygen atoms in total. The first-order chi connectivity index (χ1) is 9.54. The number of ether oxygens (including phenoxy) is 1. The number of aromatic nitrogens is 1. The Morgan fingerprint density at radius 2 is 2.25 bits per heavy atom. The van der Waals surface area contributed by atoms with Crippen LogP contribution in [-0.2, 0) is 9.53 Å². The predicted octanol–water partition coefficient (Wildman–Crippen LogP) is 1.09. The van der Waals surface area contributed by atoms with Gasteiger partial charge in [-0.05, 0) is 19.3 Å². The van der Waals surface area contributed by atoms with E-state index in [1.807, 2.05) is 0 Å². The summed E-state index contributed by atoms with van der Waals surface area (Å²) in [5.74, 6) is -0.882. The fourth-order valence-corrected chi connectivity index (χ4v) is 2.32. The summed E-state index contributed by atoms with van der Waals surface area (Å²) >= 11 is 0. The van der Waals surface area contributed by atoms with Crippen molar-refractivity contribution >= 4 is 17.6 Å². The number of methoxy groups -OCH3 is 1. The van der Waals surface area contributed by atoms with E-state index in [-0.39, 0.29) is 11.4 Å². The van der Waals surface area contributed by atoms with Crippen LogP contribution in [0, 0.1) is 10.1 Å². The van der Waals surface area contributed by atoms with Crippen molar-refractivity contribution in [3.8, 4) is 0 Å². The van der Waals surface area contributed by atoms with Crippen LogP contribution in [0.25, 0.3) is 0 Å². The summed E-state index contributed by atoms with van der Waals surface area (Å²) in [7, 11) is 1.28. The monoisotopic (exact) mass is 281 g/mol. The van der Waals surface area contributed by atoms with E-state index >= 15 is 0 Å². The van der Waals surface area contributed by atoms with Crippen molar-refractivity contribution in [2.45, 2.75) is 25.3 Å². The fourth-order valence-electron chi connectivity index (χ4n) is 2.32. The van der Waals surface area contributed by atoms with Gasteiger partial charge >= 0.3 is 5.97 Å². The van der Waals surface area contributed by atoms with Gasteiger partial charge in [-0.2, -0.15) is 0 Å². The predicted molar refractivity (Wildman–Crippen MR) is 68.1 cm³/mol. The van der Waals surface area contributed by atoms with Gasteiger partial charge in [0.25, 0.3) is 11.6 Å². The Labute approximate surface area is 114 Å². The first-order valence-corrected chi connectivity index (χ1v) is 6.26. The van der Waals surface area contributed by atoms with Crippen molar-refractivity contribution in [2.24, 2.45) is 0 Å². The van der Waals surface area contributed by atoms with Crippen LogP contribution in [0.3, 0.4) is 0 Å². The quantitative estimate of drug-likeness (QED) is 0.507. The first-order valence-electron chi connectivity index (χ1n) is 6.26. The Bertz CT molecular complexity index is 539. The molecule has 108 valence electrons. The van der Waals surface area contributed by atoms with Gasteiger partial charge in [0.2, 0.25) is 0 Å². The molecule has 2 heterocycles. The molecule has 1 fully saturated rings. The molecule has 1 aliphatic rings. The number of H-pyrrole nitrogens is 1. The van der Waals surface area contributed by atoms with E-state index in [4.69, 9.17) is 4.74 Å². The maximum absolute atomic E-state index is 12.3. The van der Waals surface area contributed by atoms with Crippen LogP contribution in [0.2, 0.25) is 0 Å². The molecule has 1 saturated heterocycles. The number of hydrogen-bond donors (Lipinski definition) is 1. The molecule has 2 rings (SSSR count). The lowest BCUT2D eigenvalue weighted by Gasteiger charge is -2.33. The Balaban J connectivity index is 2.20. The van der Waals surface area contributed by atoms with Gasteiger partial charge in [0.05, 0.1) is 18.2 Å². The Morgan fingerprint density at radius 1 is 1.50 bits per heavy atom. The minimum Gasteiger partial charge on any atom is -0.467 e. The van der Waals surface area contributed by atoms with Crippen molar-refractivity contribution in [1.82, 2.24) is 9.88 Å². The lowest BCUT2D eigenvalue weighted by Crippen LogP contribution is -2.48. The molecule has 0 aliphatic carbocycles.